The Morgan fingerprint density at radius 3 is 2.67 bits per heavy atom. The maximum Gasteiger partial charge on any atom is 0.194 e. The van der Waals surface area contributed by atoms with Gasteiger partial charge in [-0.25, -0.2) is 4.98 Å². The van der Waals surface area contributed by atoms with E-state index in [2.05, 4.69) is 49.8 Å². The van der Waals surface area contributed by atoms with Crippen LogP contribution in [-0.2, 0) is 6.54 Å². The van der Waals surface area contributed by atoms with E-state index >= 15 is 0 Å². The predicted octanol–water partition coefficient (Wildman–Crippen LogP) is 3.39. The molecule has 0 unspecified atom stereocenters. The summed E-state index contributed by atoms with van der Waals surface area (Å²) in [6.07, 6.45) is 6.10. The molecule has 0 saturated carbocycles. The molecular weight excluding hydrogens is 491 g/mol. The SMILES string of the molecule is CCNC(=NCCCCn1ccnc1C)N1CCN(c2cccc(OC)c2)CC1.I. The number of hydrogen-bond acceptors (Lipinski definition) is 4. The number of hydrogen-bond donors (Lipinski definition) is 1. The van der Waals surface area contributed by atoms with Crippen LogP contribution in [-0.4, -0.2) is 66.8 Å². The summed E-state index contributed by atoms with van der Waals surface area (Å²) in [6.45, 7) is 10.8. The molecule has 0 amide bonds. The van der Waals surface area contributed by atoms with Crippen LogP contribution in [0.25, 0.3) is 0 Å². The lowest BCUT2D eigenvalue weighted by molar-refractivity contribution is 0.371. The van der Waals surface area contributed by atoms with E-state index in [1.54, 1.807) is 7.11 Å². The van der Waals surface area contributed by atoms with Crippen LogP contribution in [0.1, 0.15) is 25.6 Å². The molecule has 1 saturated heterocycles. The number of guanidine groups is 1. The first kappa shape index (κ1) is 24.3. The van der Waals surface area contributed by atoms with E-state index in [1.807, 2.05) is 25.4 Å². The van der Waals surface area contributed by atoms with Crippen molar-refractivity contribution in [2.75, 3.05) is 51.3 Å². The number of methoxy groups -OCH3 is 1. The van der Waals surface area contributed by atoms with Gasteiger partial charge in [0.25, 0.3) is 0 Å². The zero-order valence-corrected chi connectivity index (χ0v) is 20.7. The standard InChI is InChI=1S/C22H34N6O.HI/c1-4-23-22(25-10-5-6-12-26-13-11-24-19(26)2)28-16-14-27(15-17-28)20-8-7-9-21(18-20)29-3;/h7-9,11,13,18H,4-6,10,12,14-17H2,1-3H3,(H,23,25);1H. The molecule has 0 radical (unpaired) electrons. The quantitative estimate of drug-likeness (QED) is 0.248. The summed E-state index contributed by atoms with van der Waals surface area (Å²) >= 11 is 0. The largest absolute Gasteiger partial charge is 0.497 e. The molecule has 1 aliphatic rings. The third kappa shape index (κ3) is 6.78. The molecule has 1 aromatic heterocycles. The van der Waals surface area contributed by atoms with E-state index in [-0.39, 0.29) is 24.0 Å². The Labute approximate surface area is 197 Å². The van der Waals surface area contributed by atoms with Gasteiger partial charge in [0, 0.05) is 70.0 Å². The number of aryl methyl sites for hydroxylation is 2. The van der Waals surface area contributed by atoms with Gasteiger partial charge in [0.05, 0.1) is 7.11 Å². The van der Waals surface area contributed by atoms with E-state index in [0.717, 1.165) is 76.2 Å². The van der Waals surface area contributed by atoms with Gasteiger partial charge in [-0.3, -0.25) is 4.99 Å². The highest BCUT2D eigenvalue weighted by atomic mass is 127. The summed E-state index contributed by atoms with van der Waals surface area (Å²) in [6, 6.07) is 8.30. The maximum atomic E-state index is 5.36. The fourth-order valence-electron chi connectivity index (χ4n) is 3.63. The molecule has 30 heavy (non-hydrogen) atoms. The number of ether oxygens (including phenoxy) is 1. The second-order valence-corrected chi connectivity index (χ2v) is 7.29. The number of unbranched alkanes of at least 4 members (excludes halogenated alkanes) is 1. The molecule has 3 rings (SSSR count). The summed E-state index contributed by atoms with van der Waals surface area (Å²) in [5, 5.41) is 3.46. The predicted molar refractivity (Wildman–Crippen MR) is 134 cm³/mol. The Morgan fingerprint density at radius 1 is 1.20 bits per heavy atom. The van der Waals surface area contributed by atoms with Crippen molar-refractivity contribution in [1.82, 2.24) is 19.8 Å². The lowest BCUT2D eigenvalue weighted by atomic mass is 10.2. The summed E-state index contributed by atoms with van der Waals surface area (Å²) in [5.74, 6) is 3.03. The van der Waals surface area contributed by atoms with Crippen molar-refractivity contribution in [3.05, 3.63) is 42.5 Å². The summed E-state index contributed by atoms with van der Waals surface area (Å²) < 4.78 is 7.56. The number of nitrogens with one attached hydrogen (secondary N) is 1. The van der Waals surface area contributed by atoms with Gasteiger partial charge in [0.2, 0.25) is 0 Å². The van der Waals surface area contributed by atoms with Gasteiger partial charge < -0.3 is 24.4 Å². The molecule has 2 heterocycles. The summed E-state index contributed by atoms with van der Waals surface area (Å²) in [7, 11) is 1.72. The molecule has 1 aliphatic heterocycles. The van der Waals surface area contributed by atoms with Crippen molar-refractivity contribution in [1.29, 1.82) is 0 Å². The van der Waals surface area contributed by atoms with Crippen LogP contribution in [0.4, 0.5) is 5.69 Å². The molecule has 166 valence electrons. The first-order valence-corrected chi connectivity index (χ1v) is 10.6. The van der Waals surface area contributed by atoms with Crippen LogP contribution < -0.4 is 15.0 Å². The minimum absolute atomic E-state index is 0. The Kier molecular flexibility index (Phi) is 10.3. The van der Waals surface area contributed by atoms with E-state index in [9.17, 15) is 0 Å². The number of benzene rings is 1. The van der Waals surface area contributed by atoms with Crippen LogP contribution >= 0.6 is 24.0 Å². The molecule has 0 spiro atoms. The van der Waals surface area contributed by atoms with E-state index in [1.165, 1.54) is 5.69 Å². The number of aromatic nitrogens is 2. The van der Waals surface area contributed by atoms with Crippen molar-refractivity contribution in [3.63, 3.8) is 0 Å². The number of rotatable bonds is 8. The molecule has 2 aromatic rings. The molecule has 7 nitrogen and oxygen atoms in total. The Balaban J connectivity index is 0.00000320. The number of piperazine rings is 1. The lowest BCUT2D eigenvalue weighted by Gasteiger charge is -2.37. The van der Waals surface area contributed by atoms with Gasteiger partial charge in [-0.15, -0.1) is 24.0 Å². The molecule has 0 aliphatic carbocycles. The van der Waals surface area contributed by atoms with Gasteiger partial charge >= 0.3 is 0 Å². The van der Waals surface area contributed by atoms with Gasteiger partial charge in [-0.05, 0) is 38.8 Å². The van der Waals surface area contributed by atoms with E-state index in [4.69, 9.17) is 9.73 Å². The maximum absolute atomic E-state index is 5.36. The van der Waals surface area contributed by atoms with Crippen molar-refractivity contribution in [2.45, 2.75) is 33.2 Å². The third-order valence-corrected chi connectivity index (χ3v) is 5.32. The van der Waals surface area contributed by atoms with E-state index in [0.29, 0.717) is 0 Å². The minimum Gasteiger partial charge on any atom is -0.497 e. The number of halogens is 1. The molecular formula is C22H35IN6O. The Morgan fingerprint density at radius 2 is 2.00 bits per heavy atom. The summed E-state index contributed by atoms with van der Waals surface area (Å²) in [5.41, 5.74) is 1.22. The Bertz CT molecular complexity index is 785. The van der Waals surface area contributed by atoms with Gasteiger partial charge in [-0.2, -0.15) is 0 Å². The smallest absolute Gasteiger partial charge is 0.194 e. The van der Waals surface area contributed by atoms with Crippen molar-refractivity contribution < 1.29 is 4.74 Å². The first-order valence-electron chi connectivity index (χ1n) is 10.6. The Hall–Kier alpha value is -1.97. The lowest BCUT2D eigenvalue weighted by Crippen LogP contribution is -2.52. The zero-order chi connectivity index (χ0) is 20.5. The monoisotopic (exact) mass is 526 g/mol. The average molecular weight is 526 g/mol. The first-order chi connectivity index (χ1) is 14.2. The number of aliphatic imine (C=N–C) groups is 1. The van der Waals surface area contributed by atoms with Crippen LogP contribution in [0.5, 0.6) is 5.75 Å². The van der Waals surface area contributed by atoms with Crippen LogP contribution in [0.15, 0.2) is 41.7 Å². The van der Waals surface area contributed by atoms with Gasteiger partial charge in [0.15, 0.2) is 5.96 Å². The van der Waals surface area contributed by atoms with Crippen molar-refractivity contribution >= 4 is 35.6 Å². The van der Waals surface area contributed by atoms with Crippen molar-refractivity contribution in [2.24, 2.45) is 4.99 Å². The number of imidazole rings is 1. The van der Waals surface area contributed by atoms with Crippen LogP contribution in [0, 0.1) is 6.92 Å². The molecule has 0 bridgehead atoms. The topological polar surface area (TPSA) is 57.9 Å². The second-order valence-electron chi connectivity index (χ2n) is 7.29. The average Bonchev–Trinajstić information content (AvgIpc) is 3.17. The molecule has 1 aromatic carbocycles. The van der Waals surface area contributed by atoms with E-state index < -0.39 is 0 Å². The fraction of sp³-hybridized carbons (Fsp3) is 0.545. The third-order valence-electron chi connectivity index (χ3n) is 5.32. The number of nitrogens with zero attached hydrogens (tertiary/aromatic N) is 5. The highest BCUT2D eigenvalue weighted by molar-refractivity contribution is 14.0. The molecule has 8 heteroatoms. The molecule has 1 N–H and O–H groups in total. The normalized spacial score (nSPS) is 14.4. The molecule has 1 fully saturated rings. The summed E-state index contributed by atoms with van der Waals surface area (Å²) in [4.78, 5) is 13.9. The number of anilines is 1. The van der Waals surface area contributed by atoms with Crippen molar-refractivity contribution in [3.8, 4) is 5.75 Å². The van der Waals surface area contributed by atoms with Gasteiger partial charge in [0.1, 0.15) is 11.6 Å². The van der Waals surface area contributed by atoms with Gasteiger partial charge in [-0.1, -0.05) is 6.07 Å². The zero-order valence-electron chi connectivity index (χ0n) is 18.4. The fourth-order valence-corrected chi connectivity index (χ4v) is 3.63. The highest BCUT2D eigenvalue weighted by Crippen LogP contribution is 2.22. The molecule has 0 atom stereocenters. The van der Waals surface area contributed by atoms with Crippen LogP contribution in [0.3, 0.4) is 0 Å². The second kappa shape index (κ2) is 12.7. The minimum atomic E-state index is 0. The van der Waals surface area contributed by atoms with Crippen LogP contribution in [0.2, 0.25) is 0 Å². The highest BCUT2D eigenvalue weighted by Gasteiger charge is 2.20.